The first-order chi connectivity index (χ1) is 9.83. The van der Waals surface area contributed by atoms with E-state index in [2.05, 4.69) is 59.3 Å². The quantitative estimate of drug-likeness (QED) is 0.831. The van der Waals surface area contributed by atoms with Crippen LogP contribution >= 0.6 is 0 Å². The van der Waals surface area contributed by atoms with Gasteiger partial charge in [0, 0.05) is 12.7 Å². The fourth-order valence-electron chi connectivity index (χ4n) is 3.07. The SMILES string of the molecule is Cc1ccnc(C2CCCCN2Cc2ccccc2)c1. The van der Waals surface area contributed by atoms with Gasteiger partial charge in [-0.25, -0.2) is 0 Å². The van der Waals surface area contributed by atoms with Crippen LogP contribution in [0.15, 0.2) is 48.7 Å². The van der Waals surface area contributed by atoms with Gasteiger partial charge in [0.25, 0.3) is 0 Å². The standard InChI is InChI=1S/C18H22N2/c1-15-10-11-19-17(13-15)18-9-5-6-12-20(18)14-16-7-3-2-4-8-16/h2-4,7-8,10-11,13,18H,5-6,9,12,14H2,1H3. The second-order valence-corrected chi connectivity index (χ2v) is 5.73. The van der Waals surface area contributed by atoms with Gasteiger partial charge in [-0.3, -0.25) is 9.88 Å². The normalized spacial score (nSPS) is 19.9. The lowest BCUT2D eigenvalue weighted by Crippen LogP contribution is -2.33. The highest BCUT2D eigenvalue weighted by molar-refractivity contribution is 5.19. The van der Waals surface area contributed by atoms with Crippen molar-refractivity contribution < 1.29 is 0 Å². The van der Waals surface area contributed by atoms with Crippen molar-refractivity contribution in [3.63, 3.8) is 0 Å². The molecule has 1 aliphatic heterocycles. The molecule has 3 rings (SSSR count). The van der Waals surface area contributed by atoms with Gasteiger partial charge in [0.2, 0.25) is 0 Å². The zero-order chi connectivity index (χ0) is 13.8. The first kappa shape index (κ1) is 13.3. The second kappa shape index (κ2) is 6.19. The van der Waals surface area contributed by atoms with Crippen LogP contribution in [0.3, 0.4) is 0 Å². The van der Waals surface area contributed by atoms with Crippen LogP contribution in [0.2, 0.25) is 0 Å². The molecule has 1 unspecified atom stereocenters. The average Bonchev–Trinajstić information content (AvgIpc) is 2.49. The Morgan fingerprint density at radius 3 is 2.80 bits per heavy atom. The van der Waals surface area contributed by atoms with E-state index in [1.165, 1.54) is 42.6 Å². The minimum atomic E-state index is 0.476. The predicted molar refractivity (Wildman–Crippen MR) is 82.4 cm³/mol. The van der Waals surface area contributed by atoms with Crippen molar-refractivity contribution in [2.45, 2.75) is 38.8 Å². The summed E-state index contributed by atoms with van der Waals surface area (Å²) in [5.41, 5.74) is 3.94. The van der Waals surface area contributed by atoms with Gasteiger partial charge in [0.05, 0.1) is 11.7 Å². The monoisotopic (exact) mass is 266 g/mol. The molecule has 1 aromatic carbocycles. The fraction of sp³-hybridized carbons (Fsp3) is 0.389. The summed E-state index contributed by atoms with van der Waals surface area (Å²) < 4.78 is 0. The molecule has 2 nitrogen and oxygen atoms in total. The number of hydrogen-bond donors (Lipinski definition) is 0. The van der Waals surface area contributed by atoms with E-state index in [9.17, 15) is 0 Å². The maximum Gasteiger partial charge on any atom is 0.0578 e. The first-order valence-electron chi connectivity index (χ1n) is 7.53. The Morgan fingerprint density at radius 2 is 2.00 bits per heavy atom. The van der Waals surface area contributed by atoms with Gasteiger partial charge in [-0.1, -0.05) is 36.8 Å². The first-order valence-corrected chi connectivity index (χ1v) is 7.53. The Hall–Kier alpha value is -1.67. The minimum Gasteiger partial charge on any atom is -0.291 e. The molecule has 1 fully saturated rings. The molecule has 2 heteroatoms. The van der Waals surface area contributed by atoms with Gasteiger partial charge in [0.15, 0.2) is 0 Å². The second-order valence-electron chi connectivity index (χ2n) is 5.73. The molecule has 104 valence electrons. The topological polar surface area (TPSA) is 16.1 Å². The van der Waals surface area contributed by atoms with Crippen LogP contribution < -0.4 is 0 Å². The summed E-state index contributed by atoms with van der Waals surface area (Å²) in [5.74, 6) is 0. The molecule has 0 radical (unpaired) electrons. The molecule has 0 saturated carbocycles. The van der Waals surface area contributed by atoms with Crippen LogP contribution in [0.4, 0.5) is 0 Å². The van der Waals surface area contributed by atoms with Crippen molar-refractivity contribution in [3.05, 3.63) is 65.5 Å². The molecule has 1 aliphatic rings. The van der Waals surface area contributed by atoms with E-state index in [0.717, 1.165) is 6.54 Å². The number of benzene rings is 1. The zero-order valence-electron chi connectivity index (χ0n) is 12.1. The van der Waals surface area contributed by atoms with Crippen LogP contribution in [0.25, 0.3) is 0 Å². The van der Waals surface area contributed by atoms with Crippen molar-refractivity contribution in [2.75, 3.05) is 6.54 Å². The molecule has 0 spiro atoms. The Kier molecular flexibility index (Phi) is 4.12. The molecule has 0 aliphatic carbocycles. The molecule has 0 N–H and O–H groups in total. The molecule has 0 bridgehead atoms. The highest BCUT2D eigenvalue weighted by Gasteiger charge is 2.24. The molecule has 20 heavy (non-hydrogen) atoms. The molecule has 1 atom stereocenters. The van der Waals surface area contributed by atoms with Crippen LogP contribution in [0.1, 0.15) is 42.1 Å². The smallest absolute Gasteiger partial charge is 0.0578 e. The molecular formula is C18H22N2. The third-order valence-corrected chi connectivity index (χ3v) is 4.12. The molecular weight excluding hydrogens is 244 g/mol. The van der Waals surface area contributed by atoms with E-state index in [1.807, 2.05) is 6.20 Å². The van der Waals surface area contributed by atoms with Crippen molar-refractivity contribution >= 4 is 0 Å². The summed E-state index contributed by atoms with van der Waals surface area (Å²) in [5, 5.41) is 0. The molecule has 2 aromatic rings. The Bertz CT molecular complexity index is 550. The highest BCUT2D eigenvalue weighted by Crippen LogP contribution is 2.31. The lowest BCUT2D eigenvalue weighted by molar-refractivity contribution is 0.137. The Morgan fingerprint density at radius 1 is 1.15 bits per heavy atom. The van der Waals surface area contributed by atoms with E-state index in [-0.39, 0.29) is 0 Å². The van der Waals surface area contributed by atoms with Crippen LogP contribution in [0, 0.1) is 6.92 Å². The molecule has 1 aromatic heterocycles. The highest BCUT2D eigenvalue weighted by atomic mass is 15.2. The number of piperidine rings is 1. The molecule has 0 amide bonds. The summed E-state index contributed by atoms with van der Waals surface area (Å²) in [6.07, 6.45) is 5.78. The van der Waals surface area contributed by atoms with Crippen LogP contribution in [-0.2, 0) is 6.54 Å². The van der Waals surface area contributed by atoms with E-state index < -0.39 is 0 Å². The van der Waals surface area contributed by atoms with E-state index in [1.54, 1.807) is 0 Å². The van der Waals surface area contributed by atoms with E-state index in [4.69, 9.17) is 0 Å². The summed E-state index contributed by atoms with van der Waals surface area (Å²) >= 11 is 0. The van der Waals surface area contributed by atoms with Gasteiger partial charge in [-0.05, 0) is 49.6 Å². The van der Waals surface area contributed by atoms with Crippen molar-refractivity contribution in [1.82, 2.24) is 9.88 Å². The third kappa shape index (κ3) is 3.07. The zero-order valence-corrected chi connectivity index (χ0v) is 12.1. The van der Waals surface area contributed by atoms with Crippen LogP contribution in [-0.4, -0.2) is 16.4 Å². The number of aryl methyl sites for hydroxylation is 1. The van der Waals surface area contributed by atoms with Gasteiger partial charge in [-0.15, -0.1) is 0 Å². The van der Waals surface area contributed by atoms with Crippen molar-refractivity contribution in [1.29, 1.82) is 0 Å². The maximum absolute atomic E-state index is 4.61. The average molecular weight is 266 g/mol. The predicted octanol–water partition coefficient (Wildman–Crippen LogP) is 4.12. The molecule has 2 heterocycles. The number of nitrogens with zero attached hydrogens (tertiary/aromatic N) is 2. The lowest BCUT2D eigenvalue weighted by Gasteiger charge is -2.35. The number of likely N-dealkylation sites (tertiary alicyclic amines) is 1. The van der Waals surface area contributed by atoms with Gasteiger partial charge in [0.1, 0.15) is 0 Å². The lowest BCUT2D eigenvalue weighted by atomic mass is 9.97. The summed E-state index contributed by atoms with van der Waals surface area (Å²) in [6.45, 7) is 4.35. The summed E-state index contributed by atoms with van der Waals surface area (Å²) in [6, 6.07) is 15.6. The Labute approximate surface area is 121 Å². The minimum absolute atomic E-state index is 0.476. The molecule has 1 saturated heterocycles. The summed E-state index contributed by atoms with van der Waals surface area (Å²) in [7, 11) is 0. The van der Waals surface area contributed by atoms with Crippen molar-refractivity contribution in [3.8, 4) is 0 Å². The van der Waals surface area contributed by atoms with E-state index >= 15 is 0 Å². The third-order valence-electron chi connectivity index (χ3n) is 4.12. The summed E-state index contributed by atoms with van der Waals surface area (Å²) in [4.78, 5) is 7.20. The van der Waals surface area contributed by atoms with Gasteiger partial charge < -0.3 is 0 Å². The largest absolute Gasteiger partial charge is 0.291 e. The van der Waals surface area contributed by atoms with Crippen molar-refractivity contribution in [2.24, 2.45) is 0 Å². The number of aromatic nitrogens is 1. The van der Waals surface area contributed by atoms with Crippen LogP contribution in [0.5, 0.6) is 0 Å². The van der Waals surface area contributed by atoms with Gasteiger partial charge >= 0.3 is 0 Å². The number of rotatable bonds is 3. The number of hydrogen-bond acceptors (Lipinski definition) is 2. The Balaban J connectivity index is 1.80. The fourth-order valence-corrected chi connectivity index (χ4v) is 3.07. The van der Waals surface area contributed by atoms with E-state index in [0.29, 0.717) is 6.04 Å². The maximum atomic E-state index is 4.61. The number of pyridine rings is 1. The van der Waals surface area contributed by atoms with Gasteiger partial charge in [-0.2, -0.15) is 0 Å².